The van der Waals surface area contributed by atoms with Gasteiger partial charge in [0.05, 0.1) is 16.9 Å². The van der Waals surface area contributed by atoms with Crippen LogP contribution in [0.3, 0.4) is 0 Å². The van der Waals surface area contributed by atoms with Gasteiger partial charge in [-0.3, -0.25) is 9.78 Å². The Balaban J connectivity index is 1.36. The van der Waals surface area contributed by atoms with E-state index in [-0.39, 0.29) is 23.3 Å². The zero-order valence-corrected chi connectivity index (χ0v) is 15.4. The van der Waals surface area contributed by atoms with Gasteiger partial charge in [0.25, 0.3) is 5.91 Å². The highest BCUT2D eigenvalue weighted by Gasteiger charge is 2.25. The summed E-state index contributed by atoms with van der Waals surface area (Å²) in [4.78, 5) is 20.5. The number of rotatable bonds is 9. The van der Waals surface area contributed by atoms with Crippen LogP contribution in [0.4, 0.5) is 10.2 Å². The molecule has 0 atom stereocenters. The van der Waals surface area contributed by atoms with E-state index in [1.54, 1.807) is 12.4 Å². The highest BCUT2D eigenvalue weighted by molar-refractivity contribution is 6.30. The molecule has 0 radical (unpaired) electrons. The lowest BCUT2D eigenvalue weighted by atomic mass is 10.3. The van der Waals surface area contributed by atoms with Crippen LogP contribution in [-0.2, 0) is 4.79 Å². The summed E-state index contributed by atoms with van der Waals surface area (Å²) in [6.07, 6.45) is 6.29. The summed E-state index contributed by atoms with van der Waals surface area (Å²) in [6.45, 7) is 4.11. The number of nitrogens with zero attached hydrogens (tertiary/aromatic N) is 2. The molecule has 2 aromatic rings. The van der Waals surface area contributed by atoms with Crippen molar-refractivity contribution in [2.75, 3.05) is 18.5 Å². The molecule has 27 heavy (non-hydrogen) atoms. The number of hydrogen-bond acceptors (Lipinski definition) is 5. The van der Waals surface area contributed by atoms with Crippen LogP contribution in [0.15, 0.2) is 42.9 Å². The Bertz CT molecular complexity index is 842. The molecule has 142 valence electrons. The molecule has 1 aromatic carbocycles. The molecule has 0 saturated heterocycles. The number of nitrogens with one attached hydrogen (secondary N) is 2. The van der Waals surface area contributed by atoms with E-state index in [0.29, 0.717) is 24.7 Å². The Kier molecular flexibility index (Phi) is 6.24. The fourth-order valence-electron chi connectivity index (χ4n) is 2.38. The zero-order chi connectivity index (χ0) is 19.2. The first-order chi connectivity index (χ1) is 13.0. The summed E-state index contributed by atoms with van der Waals surface area (Å²) in [5.41, 5.74) is 1.72. The van der Waals surface area contributed by atoms with E-state index >= 15 is 0 Å². The van der Waals surface area contributed by atoms with E-state index in [1.807, 2.05) is 0 Å². The third-order valence-corrected chi connectivity index (χ3v) is 4.27. The minimum absolute atomic E-state index is 0.00479. The molecular formula is C19H20ClFN4O2. The predicted molar refractivity (Wildman–Crippen MR) is 101 cm³/mol. The number of ether oxygens (including phenoxy) is 1. The molecule has 6 nitrogen and oxygen atoms in total. The SMILES string of the molecule is C=C(CCNC(=O)COc1ccc(Cl)c(F)c1)Nc1cncc(C2CC2)n1. The first-order valence-corrected chi connectivity index (χ1v) is 9.00. The van der Waals surface area contributed by atoms with E-state index in [9.17, 15) is 9.18 Å². The van der Waals surface area contributed by atoms with E-state index < -0.39 is 5.82 Å². The minimum Gasteiger partial charge on any atom is -0.484 e. The van der Waals surface area contributed by atoms with Gasteiger partial charge in [-0.1, -0.05) is 18.2 Å². The minimum atomic E-state index is -0.592. The van der Waals surface area contributed by atoms with Crippen LogP contribution < -0.4 is 15.4 Å². The van der Waals surface area contributed by atoms with Gasteiger partial charge in [0.2, 0.25) is 0 Å². The maximum Gasteiger partial charge on any atom is 0.257 e. The Labute approximate surface area is 161 Å². The van der Waals surface area contributed by atoms with Gasteiger partial charge in [-0.2, -0.15) is 0 Å². The number of benzene rings is 1. The molecule has 1 amide bonds. The van der Waals surface area contributed by atoms with Gasteiger partial charge in [-0.15, -0.1) is 0 Å². The number of anilines is 1. The molecule has 0 aliphatic heterocycles. The van der Waals surface area contributed by atoms with Gasteiger partial charge >= 0.3 is 0 Å². The number of carbonyl (C=O) groups is 1. The third kappa shape index (κ3) is 5.92. The summed E-state index contributed by atoms with van der Waals surface area (Å²) in [7, 11) is 0. The topological polar surface area (TPSA) is 76.1 Å². The monoisotopic (exact) mass is 390 g/mol. The zero-order valence-electron chi connectivity index (χ0n) is 14.7. The molecule has 0 unspecified atom stereocenters. The van der Waals surface area contributed by atoms with Gasteiger partial charge in [0.15, 0.2) is 6.61 Å². The fraction of sp³-hybridized carbons (Fsp3) is 0.316. The van der Waals surface area contributed by atoms with Crippen LogP contribution in [0.25, 0.3) is 0 Å². The standard InChI is InChI=1S/C19H20ClFN4O2/c1-12(24-18-10-22-9-17(25-18)13-2-3-13)6-7-23-19(26)11-27-14-4-5-15(20)16(21)8-14/h4-5,8-10,13H,1-3,6-7,11H2,(H,23,26)(H,24,25). The number of hydrogen-bond donors (Lipinski definition) is 2. The van der Waals surface area contributed by atoms with E-state index in [1.165, 1.54) is 12.1 Å². The normalized spacial score (nSPS) is 13.1. The summed E-state index contributed by atoms with van der Waals surface area (Å²) >= 11 is 5.59. The fourth-order valence-corrected chi connectivity index (χ4v) is 2.50. The summed E-state index contributed by atoms with van der Waals surface area (Å²) in [6, 6.07) is 4.01. The van der Waals surface area contributed by atoms with Crippen molar-refractivity contribution in [1.82, 2.24) is 15.3 Å². The molecule has 1 saturated carbocycles. The van der Waals surface area contributed by atoms with Gasteiger partial charge in [0, 0.05) is 36.8 Å². The second kappa shape index (κ2) is 8.81. The van der Waals surface area contributed by atoms with Crippen LogP contribution in [0.5, 0.6) is 5.75 Å². The van der Waals surface area contributed by atoms with Crippen molar-refractivity contribution in [2.24, 2.45) is 0 Å². The Hall–Kier alpha value is -2.67. The van der Waals surface area contributed by atoms with Crippen molar-refractivity contribution in [3.8, 4) is 5.75 Å². The van der Waals surface area contributed by atoms with Crippen LogP contribution >= 0.6 is 11.6 Å². The maximum absolute atomic E-state index is 13.3. The smallest absolute Gasteiger partial charge is 0.257 e. The Morgan fingerprint density at radius 2 is 2.19 bits per heavy atom. The van der Waals surface area contributed by atoms with Crippen molar-refractivity contribution < 1.29 is 13.9 Å². The lowest BCUT2D eigenvalue weighted by Crippen LogP contribution is -2.30. The predicted octanol–water partition coefficient (Wildman–Crippen LogP) is 3.66. The van der Waals surface area contributed by atoms with Crippen molar-refractivity contribution in [2.45, 2.75) is 25.2 Å². The molecule has 0 spiro atoms. The Morgan fingerprint density at radius 1 is 1.37 bits per heavy atom. The van der Waals surface area contributed by atoms with Crippen molar-refractivity contribution in [3.05, 3.63) is 59.4 Å². The lowest BCUT2D eigenvalue weighted by molar-refractivity contribution is -0.123. The molecule has 1 aromatic heterocycles. The summed E-state index contributed by atoms with van der Waals surface area (Å²) < 4.78 is 18.5. The number of halogens is 2. The molecule has 3 rings (SSSR count). The molecule has 0 bridgehead atoms. The maximum atomic E-state index is 13.3. The van der Waals surface area contributed by atoms with Crippen LogP contribution in [-0.4, -0.2) is 29.0 Å². The lowest BCUT2D eigenvalue weighted by Gasteiger charge is -2.11. The van der Waals surface area contributed by atoms with Gasteiger partial charge < -0.3 is 15.4 Å². The largest absolute Gasteiger partial charge is 0.484 e. The van der Waals surface area contributed by atoms with Crippen LogP contribution in [0.1, 0.15) is 30.9 Å². The average molecular weight is 391 g/mol. The molecule has 1 heterocycles. The quantitative estimate of drug-likeness (QED) is 0.683. The van der Waals surface area contributed by atoms with E-state index in [2.05, 4.69) is 27.2 Å². The molecule has 1 aliphatic carbocycles. The Morgan fingerprint density at radius 3 is 2.93 bits per heavy atom. The number of amides is 1. The highest BCUT2D eigenvalue weighted by atomic mass is 35.5. The molecule has 1 fully saturated rings. The van der Waals surface area contributed by atoms with E-state index in [4.69, 9.17) is 16.3 Å². The van der Waals surface area contributed by atoms with Crippen molar-refractivity contribution in [1.29, 1.82) is 0 Å². The van der Waals surface area contributed by atoms with Crippen molar-refractivity contribution >= 4 is 23.3 Å². The molecule has 1 aliphatic rings. The summed E-state index contributed by atoms with van der Waals surface area (Å²) in [5.74, 6) is 0.525. The number of carbonyl (C=O) groups excluding carboxylic acids is 1. The van der Waals surface area contributed by atoms with Gasteiger partial charge in [0.1, 0.15) is 17.4 Å². The average Bonchev–Trinajstić information content (AvgIpc) is 3.48. The highest BCUT2D eigenvalue weighted by Crippen LogP contribution is 2.38. The van der Waals surface area contributed by atoms with Crippen LogP contribution in [0, 0.1) is 5.82 Å². The van der Waals surface area contributed by atoms with E-state index in [0.717, 1.165) is 30.3 Å². The van der Waals surface area contributed by atoms with Gasteiger partial charge in [-0.05, 0) is 25.0 Å². The molecule has 8 heteroatoms. The molecule has 2 N–H and O–H groups in total. The first kappa shape index (κ1) is 19.1. The van der Waals surface area contributed by atoms with Gasteiger partial charge in [-0.25, -0.2) is 9.37 Å². The third-order valence-electron chi connectivity index (χ3n) is 3.96. The second-order valence-corrected chi connectivity index (χ2v) is 6.70. The van der Waals surface area contributed by atoms with Crippen molar-refractivity contribution in [3.63, 3.8) is 0 Å². The number of aromatic nitrogens is 2. The summed E-state index contributed by atoms with van der Waals surface area (Å²) in [5, 5.41) is 5.82. The van der Waals surface area contributed by atoms with Crippen LogP contribution in [0.2, 0.25) is 5.02 Å². The molecular weight excluding hydrogens is 371 g/mol. The first-order valence-electron chi connectivity index (χ1n) is 8.62. The second-order valence-electron chi connectivity index (χ2n) is 6.30.